The summed E-state index contributed by atoms with van der Waals surface area (Å²) in [5.74, 6) is -6.60. The molecule has 0 aromatic heterocycles. The smallest absolute Gasteiger partial charge is 0.308 e. The zero-order valence-corrected chi connectivity index (χ0v) is 12.9. The van der Waals surface area contributed by atoms with E-state index in [1.807, 2.05) is 0 Å². The number of nitro benzene ring substituents is 1. The summed E-state index contributed by atoms with van der Waals surface area (Å²) in [7, 11) is 2.70. The largest absolute Gasteiger partial charge is 0.497 e. The molecule has 0 aliphatic heterocycles. The zero-order valence-electron chi connectivity index (χ0n) is 12.9. The van der Waals surface area contributed by atoms with Crippen LogP contribution in [-0.2, 0) is 0 Å². The second kappa shape index (κ2) is 7.07. The van der Waals surface area contributed by atoms with Gasteiger partial charge >= 0.3 is 5.69 Å². The molecule has 2 aromatic carbocycles. The first-order valence-electron chi connectivity index (χ1n) is 6.65. The number of halogens is 3. The van der Waals surface area contributed by atoms with Gasteiger partial charge in [0, 0.05) is 12.1 Å². The van der Waals surface area contributed by atoms with Crippen LogP contribution in [0.25, 0.3) is 0 Å². The molecular formula is C15H11F3N2O5. The lowest BCUT2D eigenvalue weighted by Gasteiger charge is -2.12. The topological polar surface area (TPSA) is 90.7 Å². The molecule has 0 unspecified atom stereocenters. The predicted octanol–water partition coefficient (Wildman–Crippen LogP) is 3.28. The van der Waals surface area contributed by atoms with Gasteiger partial charge in [0.25, 0.3) is 5.91 Å². The first-order valence-corrected chi connectivity index (χ1v) is 6.65. The minimum absolute atomic E-state index is 0.0695. The summed E-state index contributed by atoms with van der Waals surface area (Å²) in [5, 5.41) is 12.9. The van der Waals surface area contributed by atoms with Gasteiger partial charge in [0.15, 0.2) is 5.82 Å². The second-order valence-electron chi connectivity index (χ2n) is 4.66. The Bertz CT molecular complexity index is 858. The number of hydrogen-bond acceptors (Lipinski definition) is 5. The number of ether oxygens (including phenoxy) is 2. The molecule has 0 aliphatic carbocycles. The molecule has 0 atom stereocenters. The van der Waals surface area contributed by atoms with Crippen LogP contribution in [-0.4, -0.2) is 25.1 Å². The maximum atomic E-state index is 13.8. The number of nitrogens with one attached hydrogen (secondary N) is 1. The van der Waals surface area contributed by atoms with E-state index in [2.05, 4.69) is 5.32 Å². The molecule has 0 heterocycles. The van der Waals surface area contributed by atoms with Crippen molar-refractivity contribution in [1.82, 2.24) is 0 Å². The van der Waals surface area contributed by atoms with Gasteiger partial charge in [-0.25, -0.2) is 8.78 Å². The van der Waals surface area contributed by atoms with Gasteiger partial charge in [0.05, 0.1) is 30.4 Å². The van der Waals surface area contributed by atoms with Crippen molar-refractivity contribution in [2.45, 2.75) is 0 Å². The van der Waals surface area contributed by atoms with E-state index in [1.165, 1.54) is 32.4 Å². The highest BCUT2D eigenvalue weighted by atomic mass is 19.2. The minimum Gasteiger partial charge on any atom is -0.497 e. The molecule has 1 N–H and O–H groups in total. The average Bonchev–Trinajstić information content (AvgIpc) is 2.59. The molecule has 25 heavy (non-hydrogen) atoms. The zero-order chi connectivity index (χ0) is 18.7. The molecule has 2 rings (SSSR count). The summed E-state index contributed by atoms with van der Waals surface area (Å²) >= 11 is 0. The van der Waals surface area contributed by atoms with Crippen molar-refractivity contribution in [2.75, 3.05) is 19.5 Å². The third-order valence-corrected chi connectivity index (χ3v) is 3.23. The Hall–Kier alpha value is -3.30. The number of nitro groups is 1. The summed E-state index contributed by atoms with van der Waals surface area (Å²) in [5.41, 5.74) is -2.31. The number of nitrogens with zero attached hydrogens (tertiary/aromatic N) is 1. The standard InChI is InChI=1S/C15H11F3N2O5/c1-24-7-3-4-9(11(5-7)25-2)19-15(21)8-6-10(20(22)23)13(17)14(18)12(8)16/h3-6H,1-2H3,(H,19,21). The Balaban J connectivity index is 2.44. The summed E-state index contributed by atoms with van der Waals surface area (Å²) in [6.07, 6.45) is 0. The number of methoxy groups -OCH3 is 2. The van der Waals surface area contributed by atoms with E-state index in [1.54, 1.807) is 0 Å². The fourth-order valence-electron chi connectivity index (χ4n) is 1.98. The van der Waals surface area contributed by atoms with E-state index >= 15 is 0 Å². The van der Waals surface area contributed by atoms with Crippen LogP contribution in [0.3, 0.4) is 0 Å². The SMILES string of the molecule is COc1ccc(NC(=O)c2cc([N+](=O)[O-])c(F)c(F)c2F)c(OC)c1. The van der Waals surface area contributed by atoms with Crippen LogP contribution < -0.4 is 14.8 Å². The van der Waals surface area contributed by atoms with Crippen LogP contribution in [0.2, 0.25) is 0 Å². The number of carbonyl (C=O) groups is 1. The normalized spacial score (nSPS) is 10.3. The maximum Gasteiger partial charge on any atom is 0.308 e. The van der Waals surface area contributed by atoms with Crippen molar-refractivity contribution in [2.24, 2.45) is 0 Å². The van der Waals surface area contributed by atoms with Crippen molar-refractivity contribution in [3.05, 3.63) is 57.4 Å². The molecule has 0 bridgehead atoms. The number of benzene rings is 2. The van der Waals surface area contributed by atoms with Crippen molar-refractivity contribution in [1.29, 1.82) is 0 Å². The second-order valence-corrected chi connectivity index (χ2v) is 4.66. The fraction of sp³-hybridized carbons (Fsp3) is 0.133. The monoisotopic (exact) mass is 356 g/mol. The first-order chi connectivity index (χ1) is 11.8. The quantitative estimate of drug-likeness (QED) is 0.504. The molecule has 2 aromatic rings. The van der Waals surface area contributed by atoms with E-state index < -0.39 is 39.5 Å². The predicted molar refractivity (Wildman–Crippen MR) is 80.5 cm³/mol. The lowest BCUT2D eigenvalue weighted by molar-refractivity contribution is -0.387. The van der Waals surface area contributed by atoms with Gasteiger partial charge in [-0.15, -0.1) is 0 Å². The number of amides is 1. The van der Waals surface area contributed by atoms with E-state index in [4.69, 9.17) is 9.47 Å². The van der Waals surface area contributed by atoms with Crippen molar-refractivity contribution in [3.63, 3.8) is 0 Å². The molecule has 0 spiro atoms. The van der Waals surface area contributed by atoms with Gasteiger partial charge in [0.2, 0.25) is 11.6 Å². The lowest BCUT2D eigenvalue weighted by Crippen LogP contribution is -2.16. The lowest BCUT2D eigenvalue weighted by atomic mass is 10.1. The Morgan fingerprint density at radius 2 is 1.76 bits per heavy atom. The van der Waals surface area contributed by atoms with Crippen LogP contribution in [0.1, 0.15) is 10.4 Å². The minimum atomic E-state index is -2.11. The Labute approximate surface area is 139 Å². The van der Waals surface area contributed by atoms with Gasteiger partial charge in [-0.05, 0) is 12.1 Å². The van der Waals surface area contributed by atoms with E-state index in [-0.39, 0.29) is 11.4 Å². The fourth-order valence-corrected chi connectivity index (χ4v) is 1.98. The van der Waals surface area contributed by atoms with Crippen LogP contribution in [0, 0.1) is 27.6 Å². The van der Waals surface area contributed by atoms with E-state index in [9.17, 15) is 28.1 Å². The van der Waals surface area contributed by atoms with Crippen molar-refractivity contribution in [3.8, 4) is 11.5 Å². The van der Waals surface area contributed by atoms with Gasteiger partial charge in [-0.3, -0.25) is 14.9 Å². The highest BCUT2D eigenvalue weighted by Crippen LogP contribution is 2.31. The van der Waals surface area contributed by atoms with Gasteiger partial charge < -0.3 is 14.8 Å². The van der Waals surface area contributed by atoms with E-state index in [0.29, 0.717) is 11.8 Å². The molecular weight excluding hydrogens is 345 g/mol. The summed E-state index contributed by atoms with van der Waals surface area (Å²) < 4.78 is 50.7. The molecule has 1 amide bonds. The maximum absolute atomic E-state index is 13.8. The van der Waals surface area contributed by atoms with Gasteiger partial charge in [-0.1, -0.05) is 0 Å². The molecule has 0 radical (unpaired) electrons. The Morgan fingerprint density at radius 3 is 2.32 bits per heavy atom. The third kappa shape index (κ3) is 3.47. The van der Waals surface area contributed by atoms with Crippen LogP contribution in [0.5, 0.6) is 11.5 Å². The van der Waals surface area contributed by atoms with Gasteiger partial charge in [-0.2, -0.15) is 4.39 Å². The molecule has 0 saturated carbocycles. The molecule has 0 saturated heterocycles. The average molecular weight is 356 g/mol. The highest BCUT2D eigenvalue weighted by Gasteiger charge is 2.28. The van der Waals surface area contributed by atoms with Crippen LogP contribution in [0.4, 0.5) is 24.5 Å². The molecule has 0 fully saturated rings. The van der Waals surface area contributed by atoms with Crippen LogP contribution >= 0.6 is 0 Å². The summed E-state index contributed by atoms with van der Waals surface area (Å²) in [6, 6.07) is 4.56. The third-order valence-electron chi connectivity index (χ3n) is 3.23. The van der Waals surface area contributed by atoms with Gasteiger partial charge in [0.1, 0.15) is 11.5 Å². The van der Waals surface area contributed by atoms with Crippen molar-refractivity contribution < 1.29 is 32.4 Å². The first kappa shape index (κ1) is 18.0. The molecule has 7 nitrogen and oxygen atoms in total. The number of carbonyl (C=O) groups excluding carboxylic acids is 1. The van der Waals surface area contributed by atoms with E-state index in [0.717, 1.165) is 0 Å². The number of hydrogen-bond donors (Lipinski definition) is 1. The van der Waals surface area contributed by atoms with Crippen LogP contribution in [0.15, 0.2) is 24.3 Å². The molecule has 10 heteroatoms. The Kier molecular flexibility index (Phi) is 5.11. The molecule has 132 valence electrons. The van der Waals surface area contributed by atoms with Crippen molar-refractivity contribution >= 4 is 17.3 Å². The summed E-state index contributed by atoms with van der Waals surface area (Å²) in [4.78, 5) is 21.6. The highest BCUT2D eigenvalue weighted by molar-refractivity contribution is 6.05. The number of rotatable bonds is 5. The number of anilines is 1. The summed E-state index contributed by atoms with van der Waals surface area (Å²) in [6.45, 7) is 0. The molecule has 0 aliphatic rings. The Morgan fingerprint density at radius 1 is 1.08 bits per heavy atom.